The Hall–Kier alpha value is -1.98. The van der Waals surface area contributed by atoms with Gasteiger partial charge < -0.3 is 15.1 Å². The van der Waals surface area contributed by atoms with Crippen molar-refractivity contribution in [2.45, 2.75) is 12.7 Å². The third-order valence-corrected chi connectivity index (χ3v) is 5.70. The first-order valence-corrected chi connectivity index (χ1v) is 10.2. The molecule has 0 atom stereocenters. The molecule has 0 saturated carbocycles. The average Bonchev–Trinajstić information content (AvgIpc) is 2.65. The zero-order valence-corrected chi connectivity index (χ0v) is 16.4. The lowest BCUT2D eigenvalue weighted by atomic mass is 10.1. The van der Waals surface area contributed by atoms with Gasteiger partial charge in [-0.15, -0.1) is 11.8 Å². The van der Waals surface area contributed by atoms with E-state index in [0.717, 1.165) is 43.2 Å². The SMILES string of the molecule is Cc1cc(N2CCN(C)CC2)ccc1NC(=O)CSCc1ccccc1. The Labute approximate surface area is 160 Å². The number of thioether (sulfide) groups is 1. The van der Waals surface area contributed by atoms with Gasteiger partial charge >= 0.3 is 0 Å². The molecule has 5 heteroatoms. The molecule has 1 N–H and O–H groups in total. The molecular formula is C21H27N3OS. The van der Waals surface area contributed by atoms with Gasteiger partial charge in [-0.25, -0.2) is 0 Å². The third kappa shape index (κ3) is 5.26. The molecule has 0 unspecified atom stereocenters. The number of likely N-dealkylation sites (N-methyl/N-ethyl adjacent to an activating group) is 1. The second kappa shape index (κ2) is 9.10. The number of carbonyl (C=O) groups is 1. The molecular weight excluding hydrogens is 342 g/mol. The van der Waals surface area contributed by atoms with Gasteiger partial charge in [0.25, 0.3) is 0 Å². The smallest absolute Gasteiger partial charge is 0.234 e. The van der Waals surface area contributed by atoms with E-state index >= 15 is 0 Å². The van der Waals surface area contributed by atoms with E-state index in [1.807, 2.05) is 24.3 Å². The molecule has 0 bridgehead atoms. The van der Waals surface area contributed by atoms with Crippen LogP contribution in [0.1, 0.15) is 11.1 Å². The fourth-order valence-corrected chi connectivity index (χ4v) is 3.86. The molecule has 3 rings (SSSR count). The zero-order valence-electron chi connectivity index (χ0n) is 15.6. The Morgan fingerprint density at radius 3 is 2.50 bits per heavy atom. The maximum atomic E-state index is 12.2. The summed E-state index contributed by atoms with van der Waals surface area (Å²) in [6.07, 6.45) is 0. The van der Waals surface area contributed by atoms with Crippen molar-refractivity contribution in [2.75, 3.05) is 49.2 Å². The van der Waals surface area contributed by atoms with E-state index < -0.39 is 0 Å². The van der Waals surface area contributed by atoms with Gasteiger partial charge in [0.15, 0.2) is 0 Å². The summed E-state index contributed by atoms with van der Waals surface area (Å²) in [6.45, 7) is 6.36. The van der Waals surface area contributed by atoms with Crippen molar-refractivity contribution in [1.82, 2.24) is 4.90 Å². The molecule has 2 aromatic carbocycles. The van der Waals surface area contributed by atoms with Gasteiger partial charge in [-0.2, -0.15) is 0 Å². The topological polar surface area (TPSA) is 35.6 Å². The van der Waals surface area contributed by atoms with Gasteiger partial charge in [0.1, 0.15) is 0 Å². The van der Waals surface area contributed by atoms with Crippen molar-refractivity contribution < 1.29 is 4.79 Å². The molecule has 0 radical (unpaired) electrons. The highest BCUT2D eigenvalue weighted by molar-refractivity contribution is 7.99. The highest BCUT2D eigenvalue weighted by Crippen LogP contribution is 2.24. The normalized spacial score (nSPS) is 15.1. The van der Waals surface area contributed by atoms with Crippen LogP contribution >= 0.6 is 11.8 Å². The Bertz CT molecular complexity index is 727. The fraction of sp³-hybridized carbons (Fsp3) is 0.381. The van der Waals surface area contributed by atoms with Crippen LogP contribution in [0.2, 0.25) is 0 Å². The maximum absolute atomic E-state index is 12.2. The summed E-state index contributed by atoms with van der Waals surface area (Å²) in [7, 11) is 2.16. The van der Waals surface area contributed by atoms with Gasteiger partial charge in [0.2, 0.25) is 5.91 Å². The Morgan fingerprint density at radius 2 is 1.81 bits per heavy atom. The minimum atomic E-state index is 0.0568. The zero-order chi connectivity index (χ0) is 18.4. The van der Waals surface area contributed by atoms with Crippen LogP contribution in [0, 0.1) is 6.92 Å². The summed E-state index contributed by atoms with van der Waals surface area (Å²) in [4.78, 5) is 17.0. The highest BCUT2D eigenvalue weighted by atomic mass is 32.2. The summed E-state index contributed by atoms with van der Waals surface area (Å²) in [5, 5.41) is 3.05. The van der Waals surface area contributed by atoms with Crippen LogP contribution in [0.25, 0.3) is 0 Å². The number of piperazine rings is 1. The second-order valence-electron chi connectivity index (χ2n) is 6.82. The lowest BCUT2D eigenvalue weighted by molar-refractivity contribution is -0.113. The van der Waals surface area contributed by atoms with E-state index in [1.165, 1.54) is 11.3 Å². The van der Waals surface area contributed by atoms with Gasteiger partial charge in [-0.05, 0) is 43.3 Å². The van der Waals surface area contributed by atoms with Gasteiger partial charge in [0, 0.05) is 43.3 Å². The molecule has 1 aliphatic rings. The Balaban J connectivity index is 1.50. The van der Waals surface area contributed by atoms with Crippen molar-refractivity contribution in [3.05, 3.63) is 59.7 Å². The lowest BCUT2D eigenvalue weighted by Crippen LogP contribution is -2.44. The molecule has 0 aliphatic carbocycles. The quantitative estimate of drug-likeness (QED) is 0.844. The van der Waals surface area contributed by atoms with Crippen LogP contribution < -0.4 is 10.2 Å². The molecule has 138 valence electrons. The highest BCUT2D eigenvalue weighted by Gasteiger charge is 2.15. The summed E-state index contributed by atoms with van der Waals surface area (Å²) in [5.41, 5.74) is 4.51. The van der Waals surface area contributed by atoms with Crippen LogP contribution in [0.15, 0.2) is 48.5 Å². The first-order chi connectivity index (χ1) is 12.6. The van der Waals surface area contributed by atoms with Gasteiger partial charge in [-0.1, -0.05) is 30.3 Å². The molecule has 1 saturated heterocycles. The first kappa shape index (κ1) is 18.8. The molecule has 0 spiro atoms. The van der Waals surface area contributed by atoms with Gasteiger partial charge in [0.05, 0.1) is 5.75 Å². The number of amides is 1. The summed E-state index contributed by atoms with van der Waals surface area (Å²) < 4.78 is 0. The lowest BCUT2D eigenvalue weighted by Gasteiger charge is -2.34. The number of rotatable bonds is 6. The molecule has 1 aliphatic heterocycles. The molecule has 26 heavy (non-hydrogen) atoms. The summed E-state index contributed by atoms with van der Waals surface area (Å²) in [5.74, 6) is 1.38. The minimum absolute atomic E-state index is 0.0568. The molecule has 0 aromatic heterocycles. The van der Waals surface area contributed by atoms with E-state index in [1.54, 1.807) is 11.8 Å². The standard InChI is InChI=1S/C21H27N3OS/c1-17-14-19(24-12-10-23(2)11-13-24)8-9-20(17)22-21(25)16-26-15-18-6-4-3-5-7-18/h3-9,14H,10-13,15-16H2,1-2H3,(H,22,25). The average molecular weight is 370 g/mol. The molecule has 1 amide bonds. The van der Waals surface area contributed by atoms with Crippen molar-refractivity contribution in [2.24, 2.45) is 0 Å². The van der Waals surface area contributed by atoms with Crippen LogP contribution in [-0.4, -0.2) is 49.8 Å². The van der Waals surface area contributed by atoms with Crippen LogP contribution in [0.3, 0.4) is 0 Å². The van der Waals surface area contributed by atoms with E-state index in [0.29, 0.717) is 5.75 Å². The number of benzene rings is 2. The molecule has 2 aromatic rings. The van der Waals surface area contributed by atoms with Crippen molar-refractivity contribution in [3.8, 4) is 0 Å². The molecule has 1 fully saturated rings. The largest absolute Gasteiger partial charge is 0.369 e. The fourth-order valence-electron chi connectivity index (χ4n) is 3.07. The number of aryl methyl sites for hydroxylation is 1. The number of nitrogens with zero attached hydrogens (tertiary/aromatic N) is 2. The Kier molecular flexibility index (Phi) is 6.58. The number of hydrogen-bond acceptors (Lipinski definition) is 4. The van der Waals surface area contributed by atoms with Crippen molar-refractivity contribution in [1.29, 1.82) is 0 Å². The second-order valence-corrected chi connectivity index (χ2v) is 7.80. The predicted molar refractivity (Wildman–Crippen MR) is 112 cm³/mol. The number of carbonyl (C=O) groups excluding carboxylic acids is 1. The summed E-state index contributed by atoms with van der Waals surface area (Å²) >= 11 is 1.64. The van der Waals surface area contributed by atoms with Crippen LogP contribution in [0.5, 0.6) is 0 Å². The van der Waals surface area contributed by atoms with Gasteiger partial charge in [-0.3, -0.25) is 4.79 Å². The molecule has 4 nitrogen and oxygen atoms in total. The van der Waals surface area contributed by atoms with Crippen LogP contribution in [-0.2, 0) is 10.5 Å². The number of anilines is 2. The van der Waals surface area contributed by atoms with Crippen molar-refractivity contribution >= 4 is 29.0 Å². The number of nitrogens with one attached hydrogen (secondary N) is 1. The van der Waals surface area contributed by atoms with Crippen LogP contribution in [0.4, 0.5) is 11.4 Å². The third-order valence-electron chi connectivity index (χ3n) is 4.70. The maximum Gasteiger partial charge on any atom is 0.234 e. The monoisotopic (exact) mass is 369 g/mol. The van der Waals surface area contributed by atoms with Crippen molar-refractivity contribution in [3.63, 3.8) is 0 Å². The minimum Gasteiger partial charge on any atom is -0.369 e. The first-order valence-electron chi connectivity index (χ1n) is 9.07. The Morgan fingerprint density at radius 1 is 1.08 bits per heavy atom. The van der Waals surface area contributed by atoms with E-state index in [9.17, 15) is 4.79 Å². The summed E-state index contributed by atoms with van der Waals surface area (Å²) in [6, 6.07) is 16.6. The van der Waals surface area contributed by atoms with E-state index in [-0.39, 0.29) is 5.91 Å². The van der Waals surface area contributed by atoms with E-state index in [4.69, 9.17) is 0 Å². The van der Waals surface area contributed by atoms with E-state index in [2.05, 4.69) is 53.4 Å². The number of hydrogen-bond donors (Lipinski definition) is 1. The predicted octanol–water partition coefficient (Wildman–Crippen LogP) is 3.62. The molecule has 1 heterocycles.